The highest BCUT2D eigenvalue weighted by Gasteiger charge is 2.16. The molecule has 0 aromatic heterocycles. The van der Waals surface area contributed by atoms with Gasteiger partial charge in [0.05, 0.1) is 30.1 Å². The Bertz CT molecular complexity index is 793. The number of methoxy groups -OCH3 is 1. The van der Waals surface area contributed by atoms with Crippen molar-refractivity contribution < 1.29 is 14.5 Å². The van der Waals surface area contributed by atoms with Crippen LogP contribution in [0.3, 0.4) is 0 Å². The molecular weight excluding hydrogens is 294 g/mol. The normalized spacial score (nSPS) is 11.6. The van der Waals surface area contributed by atoms with E-state index in [0.717, 1.165) is 16.8 Å². The first-order valence-corrected chi connectivity index (χ1v) is 6.91. The minimum Gasteiger partial charge on any atom is -0.497 e. The summed E-state index contributed by atoms with van der Waals surface area (Å²) in [6, 6.07) is 13.9. The molecule has 0 spiro atoms. The molecule has 0 unspecified atom stereocenters. The third-order valence-electron chi connectivity index (χ3n) is 3.27. The van der Waals surface area contributed by atoms with Crippen molar-refractivity contribution >= 4 is 17.5 Å². The smallest absolute Gasteiger partial charge is 0.303 e. The van der Waals surface area contributed by atoms with Crippen LogP contribution in [0.5, 0.6) is 5.75 Å². The second-order valence-electron chi connectivity index (χ2n) is 4.70. The molecular formula is C17H15N3O3. The lowest BCUT2D eigenvalue weighted by Crippen LogP contribution is -2.06. The van der Waals surface area contributed by atoms with Gasteiger partial charge in [0, 0.05) is 6.07 Å². The monoisotopic (exact) mass is 309 g/mol. The highest BCUT2D eigenvalue weighted by molar-refractivity contribution is 6.02. The number of hydrogen-bond donors (Lipinski definition) is 0. The zero-order valence-corrected chi connectivity index (χ0v) is 12.5. The van der Waals surface area contributed by atoms with Crippen molar-refractivity contribution in [3.05, 3.63) is 81.4 Å². The van der Waals surface area contributed by atoms with E-state index >= 15 is 0 Å². The van der Waals surface area contributed by atoms with Gasteiger partial charge in [0.2, 0.25) is 0 Å². The molecule has 0 fully saturated rings. The van der Waals surface area contributed by atoms with Gasteiger partial charge in [-0.2, -0.15) is 4.79 Å². The van der Waals surface area contributed by atoms with E-state index in [2.05, 4.69) is 4.79 Å². The number of rotatable bonds is 2. The molecule has 6 heteroatoms. The van der Waals surface area contributed by atoms with E-state index in [1.54, 1.807) is 12.1 Å². The van der Waals surface area contributed by atoms with Gasteiger partial charge in [-0.1, -0.05) is 36.4 Å². The molecule has 0 atom stereocenters. The Morgan fingerprint density at radius 3 is 2.70 bits per heavy atom. The quantitative estimate of drug-likeness (QED) is 0.366. The molecule has 0 bridgehead atoms. The van der Waals surface area contributed by atoms with Crippen LogP contribution in [0.2, 0.25) is 0 Å². The van der Waals surface area contributed by atoms with Crippen LogP contribution in [0.15, 0.2) is 54.6 Å². The van der Waals surface area contributed by atoms with Gasteiger partial charge in [-0.25, -0.2) is 0 Å². The first kappa shape index (κ1) is 16.1. The van der Waals surface area contributed by atoms with Crippen LogP contribution in [-0.2, 0) is 0 Å². The lowest BCUT2D eigenvalue weighted by atomic mass is 9.96. The topological polar surface area (TPSA) is 88.8 Å². The number of ether oxygens (including phenoxy) is 1. The predicted molar refractivity (Wildman–Crippen MR) is 87.5 cm³/mol. The van der Waals surface area contributed by atoms with Crippen molar-refractivity contribution in [1.29, 1.82) is 0 Å². The summed E-state index contributed by atoms with van der Waals surface area (Å²) in [5.41, 5.74) is 11.6. The summed E-state index contributed by atoms with van der Waals surface area (Å²) in [6.07, 6.45) is 4.76. The summed E-state index contributed by atoms with van der Waals surface area (Å²) in [4.78, 5) is 13.0. The molecule has 6 nitrogen and oxygen atoms in total. The molecule has 2 aromatic carbocycles. The van der Waals surface area contributed by atoms with Gasteiger partial charge in [-0.05, 0) is 17.7 Å². The van der Waals surface area contributed by atoms with Gasteiger partial charge >= 0.3 is 5.71 Å². The lowest BCUT2D eigenvalue weighted by Gasteiger charge is -2.04. The number of benzene rings is 2. The fraction of sp³-hybridized carbons (Fsp3) is 0.118. The van der Waals surface area contributed by atoms with Gasteiger partial charge in [0.1, 0.15) is 5.75 Å². The molecule has 3 rings (SSSR count). The van der Waals surface area contributed by atoms with Crippen molar-refractivity contribution in [1.82, 2.24) is 0 Å². The summed E-state index contributed by atoms with van der Waals surface area (Å²) in [6.45, 7) is 0. The van der Waals surface area contributed by atoms with Gasteiger partial charge in [-0.15, -0.1) is 0 Å². The van der Waals surface area contributed by atoms with Crippen molar-refractivity contribution in [2.45, 2.75) is 6.42 Å². The van der Waals surface area contributed by atoms with Crippen LogP contribution < -0.4 is 4.74 Å². The SMILES string of the molecule is COc1cccc([N+](=O)[O-])c1.[N-]=[N+]=C1CC=Cc2ccccc21. The summed E-state index contributed by atoms with van der Waals surface area (Å²) in [5, 5.41) is 10.2. The zero-order chi connectivity index (χ0) is 16.7. The average molecular weight is 309 g/mol. The number of allylic oxidation sites excluding steroid dienone is 1. The molecule has 0 radical (unpaired) electrons. The fourth-order valence-electron chi connectivity index (χ4n) is 2.13. The van der Waals surface area contributed by atoms with Crippen molar-refractivity contribution in [3.8, 4) is 5.75 Å². The number of non-ortho nitro benzene ring substituents is 1. The molecule has 0 saturated heterocycles. The Balaban J connectivity index is 0.000000168. The molecule has 2 aromatic rings. The zero-order valence-electron chi connectivity index (χ0n) is 12.5. The van der Waals surface area contributed by atoms with Crippen molar-refractivity contribution in [2.75, 3.05) is 7.11 Å². The first-order valence-electron chi connectivity index (χ1n) is 6.91. The number of nitro groups is 1. The second-order valence-corrected chi connectivity index (χ2v) is 4.70. The van der Waals surface area contributed by atoms with Crippen LogP contribution >= 0.6 is 0 Å². The minimum absolute atomic E-state index is 0.0457. The molecule has 116 valence electrons. The first-order chi connectivity index (χ1) is 11.2. The van der Waals surface area contributed by atoms with E-state index in [1.807, 2.05) is 36.4 Å². The maximum Gasteiger partial charge on any atom is 0.303 e. The van der Waals surface area contributed by atoms with Gasteiger partial charge in [0.25, 0.3) is 5.69 Å². The van der Waals surface area contributed by atoms with Crippen molar-refractivity contribution in [2.24, 2.45) is 0 Å². The van der Waals surface area contributed by atoms with E-state index in [0.29, 0.717) is 12.2 Å². The van der Waals surface area contributed by atoms with Gasteiger partial charge < -0.3 is 10.3 Å². The van der Waals surface area contributed by atoms with E-state index in [-0.39, 0.29) is 5.69 Å². The summed E-state index contributed by atoms with van der Waals surface area (Å²) in [5.74, 6) is 0.499. The van der Waals surface area contributed by atoms with E-state index in [9.17, 15) is 10.1 Å². The van der Waals surface area contributed by atoms with Gasteiger partial charge in [-0.3, -0.25) is 10.1 Å². The van der Waals surface area contributed by atoms with Crippen LogP contribution in [0.25, 0.3) is 11.6 Å². The highest BCUT2D eigenvalue weighted by atomic mass is 16.6. The molecule has 0 saturated carbocycles. The number of hydrogen-bond acceptors (Lipinski definition) is 3. The molecule has 1 aliphatic carbocycles. The molecule has 0 aliphatic heterocycles. The fourth-order valence-corrected chi connectivity index (χ4v) is 2.13. The Hall–Kier alpha value is -3.24. The number of nitro benzene ring substituents is 1. The van der Waals surface area contributed by atoms with E-state index in [1.165, 1.54) is 19.2 Å². The van der Waals surface area contributed by atoms with Crippen LogP contribution in [-0.4, -0.2) is 22.5 Å². The van der Waals surface area contributed by atoms with Crippen LogP contribution in [0.4, 0.5) is 5.69 Å². The lowest BCUT2D eigenvalue weighted by molar-refractivity contribution is -0.384. The predicted octanol–water partition coefficient (Wildman–Crippen LogP) is 3.73. The maximum atomic E-state index is 10.2. The van der Waals surface area contributed by atoms with Gasteiger partial charge in [0.15, 0.2) is 0 Å². The summed E-state index contributed by atoms with van der Waals surface area (Å²) >= 11 is 0. The minimum atomic E-state index is -0.456. The van der Waals surface area contributed by atoms with Crippen LogP contribution in [0.1, 0.15) is 17.5 Å². The Labute approximate surface area is 133 Å². The summed E-state index contributed by atoms with van der Waals surface area (Å²) in [7, 11) is 1.47. The maximum absolute atomic E-state index is 10.2. The standard InChI is InChI=1S/C10H8N2.C7H7NO3/c11-12-10-7-3-5-8-4-1-2-6-9(8)10;1-11-7-4-2-3-6(5-7)8(9)10/h1-6H,7H2;2-5H,1H3. The molecule has 23 heavy (non-hydrogen) atoms. The third kappa shape index (κ3) is 4.12. The summed E-state index contributed by atoms with van der Waals surface area (Å²) < 4.78 is 4.80. The highest BCUT2D eigenvalue weighted by Crippen LogP contribution is 2.18. The van der Waals surface area contributed by atoms with E-state index < -0.39 is 4.92 Å². The molecule has 0 heterocycles. The number of nitrogens with zero attached hydrogens (tertiary/aromatic N) is 3. The van der Waals surface area contributed by atoms with Crippen LogP contribution in [0, 0.1) is 10.1 Å². The Morgan fingerprint density at radius 1 is 1.22 bits per heavy atom. The Kier molecular flexibility index (Phi) is 5.39. The average Bonchev–Trinajstić information content (AvgIpc) is 2.61. The molecule has 1 aliphatic rings. The van der Waals surface area contributed by atoms with E-state index in [4.69, 9.17) is 10.3 Å². The number of fused-ring (bicyclic) bond motifs is 1. The van der Waals surface area contributed by atoms with Crippen molar-refractivity contribution in [3.63, 3.8) is 0 Å². The molecule has 0 N–H and O–H groups in total. The molecule has 0 amide bonds. The third-order valence-corrected chi connectivity index (χ3v) is 3.27. The second kappa shape index (κ2) is 7.68. The Morgan fingerprint density at radius 2 is 2.00 bits per heavy atom. The largest absolute Gasteiger partial charge is 0.497 e.